The maximum absolute atomic E-state index is 13.6. The summed E-state index contributed by atoms with van der Waals surface area (Å²) in [6, 6.07) is 13.3. The molecular weight excluding hydrogens is 488 g/mol. The smallest absolute Gasteiger partial charge is 0.242 e. The molecule has 0 saturated heterocycles. The van der Waals surface area contributed by atoms with Crippen molar-refractivity contribution >= 4 is 28.7 Å². The van der Waals surface area contributed by atoms with Crippen LogP contribution in [0.25, 0.3) is 17.0 Å². The second kappa shape index (κ2) is 15.9. The van der Waals surface area contributed by atoms with Crippen LogP contribution in [0.2, 0.25) is 0 Å². The number of allylic oxidation sites excluding steroid dienone is 1. The summed E-state index contributed by atoms with van der Waals surface area (Å²) >= 11 is 0. The summed E-state index contributed by atoms with van der Waals surface area (Å²) in [5, 5.41) is 9.70. The van der Waals surface area contributed by atoms with Crippen molar-refractivity contribution in [2.24, 2.45) is 0 Å². The number of unbranched alkanes of at least 4 members (excludes halogenated alkanes) is 5. The zero-order valence-electron chi connectivity index (χ0n) is 23.8. The van der Waals surface area contributed by atoms with E-state index in [9.17, 15) is 9.59 Å². The number of hydrogen-bond acceptors (Lipinski definition) is 4. The second-order valence-corrected chi connectivity index (χ2v) is 10.1. The summed E-state index contributed by atoms with van der Waals surface area (Å²) in [5.41, 5.74) is 3.06. The van der Waals surface area contributed by atoms with Gasteiger partial charge in [0.05, 0.1) is 12.6 Å². The molecule has 0 atom stereocenters. The summed E-state index contributed by atoms with van der Waals surface area (Å²) in [6.07, 6.45) is 14.0. The molecule has 1 aromatic heterocycles. The number of aromatic nitrogens is 1. The number of nitrogens with zero attached hydrogens (tertiary/aromatic N) is 2. The fourth-order valence-electron chi connectivity index (χ4n) is 4.69. The molecule has 0 aliphatic heterocycles. The first-order valence-corrected chi connectivity index (χ1v) is 14.4. The lowest BCUT2D eigenvalue weighted by atomic mass is 10.0. The number of aliphatic hydroxyl groups is 1. The fourth-order valence-corrected chi connectivity index (χ4v) is 4.69. The summed E-state index contributed by atoms with van der Waals surface area (Å²) in [7, 11) is 1.62. The van der Waals surface area contributed by atoms with E-state index in [1.165, 1.54) is 0 Å². The van der Waals surface area contributed by atoms with Gasteiger partial charge in [0.15, 0.2) is 5.78 Å². The Bertz CT molecular complexity index is 1220. The Morgan fingerprint density at radius 2 is 1.67 bits per heavy atom. The number of amides is 1. The van der Waals surface area contributed by atoms with Crippen LogP contribution in [-0.2, 0) is 11.3 Å². The molecule has 1 N–H and O–H groups in total. The van der Waals surface area contributed by atoms with E-state index >= 15 is 0 Å². The van der Waals surface area contributed by atoms with Gasteiger partial charge in [-0.1, -0.05) is 69.5 Å². The average Bonchev–Trinajstić information content (AvgIpc) is 3.32. The van der Waals surface area contributed by atoms with Gasteiger partial charge >= 0.3 is 0 Å². The van der Waals surface area contributed by atoms with Crippen LogP contribution in [0.1, 0.15) is 86.7 Å². The number of hydrogen-bond donors (Lipinski definition) is 1. The van der Waals surface area contributed by atoms with E-state index in [1.54, 1.807) is 7.11 Å². The number of ether oxygens (including phenoxy) is 1. The fraction of sp³-hybridized carbons (Fsp3) is 0.455. The standard InChI is InChI=1S/C33H44N2O4/c1-4-6-20-34(21-7-5-2)32(37)25-35-24-30(29-19-18-28(39-3)23-31(29)35)33(38)27-16-14-26(15-17-27)13-11-9-8-10-12-22-36/h11,13-19,23-24,36H,4-10,12,20-22,25H2,1-3H3. The Kier molecular flexibility index (Phi) is 12.3. The van der Waals surface area contributed by atoms with E-state index in [-0.39, 0.29) is 24.8 Å². The maximum Gasteiger partial charge on any atom is 0.242 e. The van der Waals surface area contributed by atoms with E-state index in [4.69, 9.17) is 9.84 Å². The number of fused-ring (bicyclic) bond motifs is 1. The highest BCUT2D eigenvalue weighted by Gasteiger charge is 2.20. The lowest BCUT2D eigenvalue weighted by Gasteiger charge is -2.23. The third kappa shape index (κ3) is 8.56. The average molecular weight is 533 g/mol. The Morgan fingerprint density at radius 1 is 0.949 bits per heavy atom. The van der Waals surface area contributed by atoms with E-state index < -0.39 is 0 Å². The number of methoxy groups -OCH3 is 1. The summed E-state index contributed by atoms with van der Waals surface area (Å²) in [5.74, 6) is 0.697. The highest BCUT2D eigenvalue weighted by molar-refractivity contribution is 6.16. The molecule has 1 heterocycles. The van der Waals surface area contributed by atoms with E-state index in [1.807, 2.05) is 58.1 Å². The zero-order valence-corrected chi connectivity index (χ0v) is 23.8. The summed E-state index contributed by atoms with van der Waals surface area (Å²) in [4.78, 5) is 28.9. The van der Waals surface area contributed by atoms with Crippen LogP contribution in [0, 0.1) is 0 Å². The Hall–Kier alpha value is -3.38. The molecule has 210 valence electrons. The molecule has 6 nitrogen and oxygen atoms in total. The largest absolute Gasteiger partial charge is 0.497 e. The van der Waals surface area contributed by atoms with Gasteiger partial charge in [-0.25, -0.2) is 0 Å². The first-order chi connectivity index (χ1) is 19.0. The molecular formula is C33H44N2O4. The Balaban J connectivity index is 1.83. The quantitative estimate of drug-likeness (QED) is 0.152. The predicted octanol–water partition coefficient (Wildman–Crippen LogP) is 6.88. The van der Waals surface area contributed by atoms with Gasteiger partial charge in [0, 0.05) is 48.5 Å². The number of rotatable bonds is 17. The number of carbonyl (C=O) groups excluding carboxylic acids is 2. The molecule has 1 amide bonds. The number of benzene rings is 2. The third-order valence-electron chi connectivity index (χ3n) is 7.07. The van der Waals surface area contributed by atoms with Crippen LogP contribution < -0.4 is 4.74 Å². The maximum atomic E-state index is 13.6. The molecule has 6 heteroatoms. The molecule has 2 aromatic carbocycles. The van der Waals surface area contributed by atoms with E-state index in [0.29, 0.717) is 16.9 Å². The van der Waals surface area contributed by atoms with Crippen molar-refractivity contribution in [1.29, 1.82) is 0 Å². The van der Waals surface area contributed by atoms with Gasteiger partial charge in [0.1, 0.15) is 12.3 Å². The highest BCUT2D eigenvalue weighted by atomic mass is 16.5. The van der Waals surface area contributed by atoms with Crippen LogP contribution in [0.3, 0.4) is 0 Å². The molecule has 3 aromatic rings. The number of ketones is 1. The monoisotopic (exact) mass is 532 g/mol. The van der Waals surface area contributed by atoms with Gasteiger partial charge in [0.2, 0.25) is 5.91 Å². The molecule has 0 bridgehead atoms. The van der Waals surface area contributed by atoms with Crippen molar-refractivity contribution in [3.8, 4) is 5.75 Å². The lowest BCUT2D eigenvalue weighted by molar-refractivity contribution is -0.131. The Labute approximate surface area is 233 Å². The van der Waals surface area contributed by atoms with Crippen LogP contribution in [0.5, 0.6) is 5.75 Å². The van der Waals surface area contributed by atoms with Crippen molar-refractivity contribution in [2.45, 2.75) is 71.8 Å². The summed E-state index contributed by atoms with van der Waals surface area (Å²) < 4.78 is 7.35. The van der Waals surface area contributed by atoms with Crippen molar-refractivity contribution in [3.63, 3.8) is 0 Å². The first kappa shape index (κ1) is 30.2. The highest BCUT2D eigenvalue weighted by Crippen LogP contribution is 2.28. The van der Waals surface area contributed by atoms with Crippen molar-refractivity contribution in [2.75, 3.05) is 26.8 Å². The zero-order chi connectivity index (χ0) is 28.0. The molecule has 0 aliphatic rings. The SMILES string of the molecule is CCCCN(CCCC)C(=O)Cn1cc(C(=O)c2ccc(C=CCCCCCO)cc2)c2ccc(OC)cc21. The van der Waals surface area contributed by atoms with Crippen LogP contribution in [-0.4, -0.2) is 53.1 Å². The molecule has 39 heavy (non-hydrogen) atoms. The van der Waals surface area contributed by atoms with Gasteiger partial charge in [0.25, 0.3) is 0 Å². The van der Waals surface area contributed by atoms with Gasteiger partial charge in [-0.15, -0.1) is 0 Å². The molecule has 0 radical (unpaired) electrons. The van der Waals surface area contributed by atoms with E-state index in [0.717, 1.165) is 80.9 Å². The minimum absolute atomic E-state index is 0.0651. The minimum Gasteiger partial charge on any atom is -0.497 e. The van der Waals surface area contributed by atoms with Crippen molar-refractivity contribution in [1.82, 2.24) is 9.47 Å². The molecule has 3 rings (SSSR count). The van der Waals surface area contributed by atoms with Gasteiger partial charge in [-0.2, -0.15) is 0 Å². The number of aliphatic hydroxyl groups excluding tert-OH is 1. The molecule has 0 saturated carbocycles. The molecule has 0 unspecified atom stereocenters. The third-order valence-corrected chi connectivity index (χ3v) is 7.07. The normalized spacial score (nSPS) is 11.4. The minimum atomic E-state index is -0.0651. The van der Waals surface area contributed by atoms with Gasteiger partial charge in [-0.3, -0.25) is 9.59 Å². The van der Waals surface area contributed by atoms with Crippen molar-refractivity contribution < 1.29 is 19.4 Å². The van der Waals surface area contributed by atoms with Gasteiger partial charge < -0.3 is 19.3 Å². The lowest BCUT2D eigenvalue weighted by Crippen LogP contribution is -2.35. The first-order valence-electron chi connectivity index (χ1n) is 14.4. The van der Waals surface area contributed by atoms with Crippen LogP contribution >= 0.6 is 0 Å². The van der Waals surface area contributed by atoms with Gasteiger partial charge in [-0.05, 0) is 49.8 Å². The molecule has 0 aliphatic carbocycles. The Morgan fingerprint density at radius 3 is 2.31 bits per heavy atom. The topological polar surface area (TPSA) is 71.8 Å². The van der Waals surface area contributed by atoms with Crippen LogP contribution in [0.4, 0.5) is 0 Å². The second-order valence-electron chi connectivity index (χ2n) is 10.1. The predicted molar refractivity (Wildman–Crippen MR) is 159 cm³/mol. The van der Waals surface area contributed by atoms with E-state index in [2.05, 4.69) is 26.0 Å². The molecule has 0 spiro atoms. The molecule has 0 fully saturated rings. The van der Waals surface area contributed by atoms with Crippen molar-refractivity contribution in [3.05, 3.63) is 71.4 Å². The summed E-state index contributed by atoms with van der Waals surface area (Å²) in [6.45, 7) is 6.22. The number of carbonyl (C=O) groups is 2. The van der Waals surface area contributed by atoms with Crippen LogP contribution in [0.15, 0.2) is 54.7 Å².